The highest BCUT2D eigenvalue weighted by atomic mass is 35.5. The van der Waals surface area contributed by atoms with Crippen LogP contribution in [0.5, 0.6) is 0 Å². The number of carbonyl (C=O) groups is 1. The van der Waals surface area contributed by atoms with E-state index in [2.05, 4.69) is 31.0 Å². The van der Waals surface area contributed by atoms with E-state index in [1.807, 2.05) is 13.1 Å². The molecule has 138 valence electrons. The average molecular weight is 377 g/mol. The summed E-state index contributed by atoms with van der Waals surface area (Å²) < 4.78 is 3.29. The minimum atomic E-state index is -0.236. The van der Waals surface area contributed by atoms with Crippen LogP contribution in [-0.2, 0) is 14.1 Å². The summed E-state index contributed by atoms with van der Waals surface area (Å²) in [5.74, 6) is 1.36. The first kappa shape index (κ1) is 18.3. The van der Waals surface area contributed by atoms with Gasteiger partial charge in [-0.15, -0.1) is 17.5 Å². The van der Waals surface area contributed by atoms with Crippen LogP contribution in [0.15, 0.2) is 18.2 Å². The van der Waals surface area contributed by atoms with E-state index in [9.17, 15) is 4.79 Å². The van der Waals surface area contributed by atoms with Crippen molar-refractivity contribution < 1.29 is 4.79 Å². The first-order chi connectivity index (χ1) is 12.1. The lowest BCUT2D eigenvalue weighted by Crippen LogP contribution is -2.27. The normalized spacial score (nSPS) is 15.0. The van der Waals surface area contributed by atoms with E-state index in [0.717, 1.165) is 37.3 Å². The Morgan fingerprint density at radius 2 is 2.00 bits per heavy atom. The molecule has 1 aliphatic rings. The summed E-state index contributed by atoms with van der Waals surface area (Å²) in [6.07, 6.45) is 2.03. The quantitative estimate of drug-likeness (QED) is 0.713. The monoisotopic (exact) mass is 376 g/mol. The first-order valence-electron chi connectivity index (χ1n) is 8.34. The topological polar surface area (TPSA) is 103 Å². The Balaban J connectivity index is 0.00000196. The molecular weight excluding hydrogens is 356 g/mol. The Morgan fingerprint density at radius 1 is 1.23 bits per heavy atom. The van der Waals surface area contributed by atoms with E-state index in [1.54, 1.807) is 28.5 Å². The van der Waals surface area contributed by atoms with Crippen molar-refractivity contribution >= 4 is 35.3 Å². The second-order valence-corrected chi connectivity index (χ2v) is 6.31. The lowest BCUT2D eigenvalue weighted by molar-refractivity contribution is 0.102. The largest absolute Gasteiger partial charge is 0.317 e. The van der Waals surface area contributed by atoms with Gasteiger partial charge in [-0.1, -0.05) is 5.21 Å². The van der Waals surface area contributed by atoms with Gasteiger partial charge in [0.15, 0.2) is 5.82 Å². The molecule has 2 N–H and O–H groups in total. The Labute approximate surface area is 156 Å². The molecule has 1 amide bonds. The third kappa shape index (κ3) is 3.40. The number of amides is 1. The van der Waals surface area contributed by atoms with E-state index < -0.39 is 0 Å². The van der Waals surface area contributed by atoms with Gasteiger partial charge in [-0.2, -0.15) is 10.1 Å². The number of nitrogens with zero attached hydrogens (tertiary/aromatic N) is 6. The van der Waals surface area contributed by atoms with Crippen molar-refractivity contribution in [2.45, 2.75) is 18.8 Å². The molecule has 1 aliphatic heterocycles. The fourth-order valence-electron chi connectivity index (χ4n) is 3.12. The Hall–Kier alpha value is -2.52. The fraction of sp³-hybridized carbons (Fsp3) is 0.438. The molecule has 0 saturated carbocycles. The highest BCUT2D eigenvalue weighted by Crippen LogP contribution is 2.23. The summed E-state index contributed by atoms with van der Waals surface area (Å²) in [6.45, 7) is 1.95. The Morgan fingerprint density at radius 3 is 2.77 bits per heavy atom. The van der Waals surface area contributed by atoms with Crippen molar-refractivity contribution in [3.05, 3.63) is 29.6 Å². The molecule has 0 aliphatic carbocycles. The van der Waals surface area contributed by atoms with Crippen molar-refractivity contribution in [3.8, 4) is 0 Å². The minimum absolute atomic E-state index is 0. The highest BCUT2D eigenvalue weighted by Gasteiger charge is 2.21. The van der Waals surface area contributed by atoms with Gasteiger partial charge in [0.25, 0.3) is 5.91 Å². The van der Waals surface area contributed by atoms with Crippen LogP contribution >= 0.6 is 12.4 Å². The summed E-state index contributed by atoms with van der Waals surface area (Å²) in [5, 5.41) is 18.6. The number of halogens is 1. The summed E-state index contributed by atoms with van der Waals surface area (Å²) >= 11 is 0. The smallest absolute Gasteiger partial charge is 0.258 e. The molecule has 26 heavy (non-hydrogen) atoms. The van der Waals surface area contributed by atoms with E-state index in [0.29, 0.717) is 22.9 Å². The van der Waals surface area contributed by atoms with Crippen LogP contribution in [0.2, 0.25) is 0 Å². The molecule has 4 rings (SSSR count). The second-order valence-electron chi connectivity index (χ2n) is 6.31. The van der Waals surface area contributed by atoms with Crippen molar-refractivity contribution in [3.63, 3.8) is 0 Å². The molecule has 0 bridgehead atoms. The number of aromatic nitrogens is 6. The number of hydrogen-bond donors (Lipinski definition) is 2. The van der Waals surface area contributed by atoms with E-state index in [1.165, 1.54) is 0 Å². The molecule has 9 nitrogen and oxygen atoms in total. The summed E-state index contributed by atoms with van der Waals surface area (Å²) in [6, 6.07) is 5.31. The van der Waals surface area contributed by atoms with Gasteiger partial charge in [0.2, 0.25) is 5.95 Å². The molecular formula is C16H21ClN8O. The van der Waals surface area contributed by atoms with Crippen LogP contribution in [0.25, 0.3) is 11.0 Å². The molecule has 0 unspecified atom stereocenters. The summed E-state index contributed by atoms with van der Waals surface area (Å²) in [5.41, 5.74) is 2.08. The fourth-order valence-corrected chi connectivity index (χ4v) is 3.12. The SMILES string of the molecule is Cl.Cn1nc(C2CCNCC2)nc1NC(=O)c1ccc2c(c1)nnn2C. The second kappa shape index (κ2) is 7.38. The third-order valence-electron chi connectivity index (χ3n) is 4.58. The number of hydrogen-bond acceptors (Lipinski definition) is 6. The predicted molar refractivity (Wildman–Crippen MR) is 99.6 cm³/mol. The third-order valence-corrected chi connectivity index (χ3v) is 4.58. The van der Waals surface area contributed by atoms with Gasteiger partial charge in [-0.3, -0.25) is 10.1 Å². The Bertz CT molecular complexity index is 928. The maximum atomic E-state index is 12.5. The summed E-state index contributed by atoms with van der Waals surface area (Å²) in [7, 11) is 3.61. The van der Waals surface area contributed by atoms with Crippen LogP contribution in [0.4, 0.5) is 5.95 Å². The maximum absolute atomic E-state index is 12.5. The van der Waals surface area contributed by atoms with Crippen molar-refractivity contribution in [2.24, 2.45) is 14.1 Å². The number of benzene rings is 1. The number of piperidine rings is 1. The maximum Gasteiger partial charge on any atom is 0.258 e. The first-order valence-corrected chi connectivity index (χ1v) is 8.34. The van der Waals surface area contributed by atoms with Crippen LogP contribution in [0, 0.1) is 0 Å². The van der Waals surface area contributed by atoms with Crippen LogP contribution in [-0.4, -0.2) is 48.8 Å². The number of fused-ring (bicyclic) bond motifs is 1. The molecule has 1 saturated heterocycles. The standard InChI is InChI=1S/C16H20N8O.ClH/c1-23-13-4-3-11(9-12(13)20-22-23)15(25)19-16-18-14(21-24(16)2)10-5-7-17-8-6-10;/h3-4,9-10,17H,5-8H2,1-2H3,(H,18,19,21,25);1H. The molecule has 3 heterocycles. The lowest BCUT2D eigenvalue weighted by Gasteiger charge is -2.19. The average Bonchev–Trinajstić information content (AvgIpc) is 3.19. The number of rotatable bonds is 3. The van der Waals surface area contributed by atoms with Crippen molar-refractivity contribution in [2.75, 3.05) is 18.4 Å². The molecule has 2 aromatic heterocycles. The molecule has 10 heteroatoms. The van der Waals surface area contributed by atoms with Gasteiger partial charge in [0.05, 0.1) is 5.52 Å². The van der Waals surface area contributed by atoms with E-state index >= 15 is 0 Å². The number of aryl methyl sites for hydroxylation is 2. The minimum Gasteiger partial charge on any atom is -0.317 e. The van der Waals surface area contributed by atoms with E-state index in [4.69, 9.17) is 0 Å². The van der Waals surface area contributed by atoms with Gasteiger partial charge in [-0.05, 0) is 44.1 Å². The van der Waals surface area contributed by atoms with Crippen LogP contribution in [0.1, 0.15) is 34.9 Å². The lowest BCUT2D eigenvalue weighted by atomic mass is 9.98. The Kier molecular flexibility index (Phi) is 5.19. The highest BCUT2D eigenvalue weighted by molar-refractivity contribution is 6.05. The molecule has 3 aromatic rings. The number of nitrogens with one attached hydrogen (secondary N) is 2. The molecule has 1 aromatic carbocycles. The van der Waals surface area contributed by atoms with Gasteiger partial charge >= 0.3 is 0 Å². The predicted octanol–water partition coefficient (Wildman–Crippen LogP) is 1.24. The van der Waals surface area contributed by atoms with Gasteiger partial charge in [0.1, 0.15) is 5.52 Å². The van der Waals surface area contributed by atoms with E-state index in [-0.39, 0.29) is 18.3 Å². The van der Waals surface area contributed by atoms with Crippen molar-refractivity contribution in [1.82, 2.24) is 35.1 Å². The molecule has 1 fully saturated rings. The zero-order chi connectivity index (χ0) is 17.4. The van der Waals surface area contributed by atoms with Crippen molar-refractivity contribution in [1.29, 1.82) is 0 Å². The summed E-state index contributed by atoms with van der Waals surface area (Å²) in [4.78, 5) is 17.1. The number of anilines is 1. The zero-order valence-electron chi connectivity index (χ0n) is 14.6. The van der Waals surface area contributed by atoms with Gasteiger partial charge in [-0.25, -0.2) is 9.36 Å². The van der Waals surface area contributed by atoms with Gasteiger partial charge in [0, 0.05) is 25.6 Å². The number of carbonyl (C=O) groups excluding carboxylic acids is 1. The van der Waals surface area contributed by atoms with Crippen LogP contribution in [0.3, 0.4) is 0 Å². The molecule has 0 radical (unpaired) electrons. The molecule has 0 atom stereocenters. The molecule has 0 spiro atoms. The zero-order valence-corrected chi connectivity index (χ0v) is 15.5. The van der Waals surface area contributed by atoms with Crippen LogP contribution < -0.4 is 10.6 Å². The van der Waals surface area contributed by atoms with Gasteiger partial charge < -0.3 is 5.32 Å².